The van der Waals surface area contributed by atoms with Crippen molar-refractivity contribution in [2.24, 2.45) is 4.40 Å². The Bertz CT molecular complexity index is 4840. The fourth-order valence-corrected chi connectivity index (χ4v) is 20.8. The van der Waals surface area contributed by atoms with E-state index in [2.05, 4.69) is 160 Å². The fraction of sp³-hybridized carbons (Fsp3) is 0.256. The van der Waals surface area contributed by atoms with Gasteiger partial charge in [0.1, 0.15) is 52.2 Å². The highest BCUT2D eigenvalue weighted by molar-refractivity contribution is 7.79. The fourth-order valence-electron chi connectivity index (χ4n) is 14.1. The predicted molar refractivity (Wildman–Crippen MR) is 389 cm³/mol. The minimum Gasteiger partial charge on any atom is -0.298 e. The minimum atomic E-state index is -0.788. The van der Waals surface area contributed by atoms with Crippen LogP contribution in [0.4, 0.5) is 0 Å². The zero-order chi connectivity index (χ0) is 63.7. The van der Waals surface area contributed by atoms with Crippen LogP contribution in [0.5, 0.6) is 0 Å². The molecule has 0 radical (unpaired) electrons. The molecule has 2 unspecified atom stereocenters. The number of benzene rings is 5. The molecule has 0 amide bonds. The molecule has 1 N–H and O–H groups in total. The summed E-state index contributed by atoms with van der Waals surface area (Å²) in [4.78, 5) is 6.87. The molecule has 92 heavy (non-hydrogen) atoms. The number of thiol groups is 1. The monoisotopic (exact) mass is 1310 g/mol. The predicted octanol–water partition coefficient (Wildman–Crippen LogP) is 21.9. The Morgan fingerprint density at radius 2 is 0.967 bits per heavy atom. The number of hydrogen-bond donors (Lipinski definition) is 2. The average Bonchev–Trinajstić information content (AvgIpc) is 1.49. The van der Waals surface area contributed by atoms with E-state index in [1.807, 2.05) is 76.5 Å². The lowest BCUT2D eigenvalue weighted by atomic mass is 9.67. The maximum Gasteiger partial charge on any atom is 0.130 e. The van der Waals surface area contributed by atoms with E-state index in [1.54, 1.807) is 17.4 Å². The zero-order valence-electron chi connectivity index (χ0n) is 51.9. The van der Waals surface area contributed by atoms with E-state index in [0.717, 1.165) is 58.2 Å². The lowest BCUT2D eigenvalue weighted by Crippen LogP contribution is -2.29. The number of nitriles is 4. The third-order valence-electron chi connectivity index (χ3n) is 18.7. The van der Waals surface area contributed by atoms with Gasteiger partial charge in [-0.1, -0.05) is 211 Å². The van der Waals surface area contributed by atoms with Crippen LogP contribution in [0.2, 0.25) is 0 Å². The number of aromatic nitrogens is 2. The van der Waals surface area contributed by atoms with E-state index < -0.39 is 10.8 Å². The van der Waals surface area contributed by atoms with Gasteiger partial charge in [-0.3, -0.25) is 5.41 Å². The summed E-state index contributed by atoms with van der Waals surface area (Å²) in [5, 5.41) is 48.8. The first kappa shape index (κ1) is 62.4. The summed E-state index contributed by atoms with van der Waals surface area (Å²) in [5.74, 6) is 0. The van der Waals surface area contributed by atoms with Crippen molar-refractivity contribution in [1.82, 2.24) is 8.75 Å². The molecule has 13 rings (SSSR count). The van der Waals surface area contributed by atoms with Crippen molar-refractivity contribution in [3.63, 3.8) is 0 Å². The number of allylic oxidation sites excluding steroid dienone is 7. The van der Waals surface area contributed by atoms with Crippen LogP contribution in [0, 0.1) is 64.6 Å². The third-order valence-corrected chi connectivity index (χ3v) is 24.6. The van der Waals surface area contributed by atoms with Crippen LogP contribution in [0.15, 0.2) is 161 Å². The molecule has 8 nitrogen and oxygen atoms in total. The second kappa shape index (κ2) is 26.7. The van der Waals surface area contributed by atoms with Crippen molar-refractivity contribution >= 4 is 113 Å². The first-order chi connectivity index (χ1) is 45.0. The number of nitrogens with one attached hydrogen (secondary N) is 1. The third kappa shape index (κ3) is 10.8. The van der Waals surface area contributed by atoms with E-state index in [1.165, 1.54) is 166 Å². The van der Waals surface area contributed by atoms with Crippen LogP contribution >= 0.6 is 69.9 Å². The molecule has 454 valence electrons. The Hall–Kier alpha value is -8.41. The van der Waals surface area contributed by atoms with Crippen LogP contribution in [0.25, 0.3) is 62.0 Å². The number of aryl methyl sites for hydroxylation is 4. The SMILES string of the molecule is CCCCCCCCc1ccc(C2(c3ccc(C)cc3)c3cc(C4=CC=C(C=C(C#N)C#N)/C(=N/S)C4=N)sc3-c3sc4c5c(sc4c32)-c2sc(-c3ccc(C=C(C#N)C#N)c4nsnc34)cc2C5(c2ccc(C)cc2)c2ccc(CCCCCCCC)cc2)cc1. The van der Waals surface area contributed by atoms with Crippen LogP contribution in [-0.2, 0) is 23.7 Å². The molecule has 0 bridgehead atoms. The lowest BCUT2D eigenvalue weighted by Gasteiger charge is -2.34. The molecule has 0 aliphatic heterocycles. The van der Waals surface area contributed by atoms with Crippen LogP contribution in [-0.4, -0.2) is 20.2 Å². The van der Waals surface area contributed by atoms with Crippen LogP contribution in [0.3, 0.4) is 0 Å². The Kier molecular flexibility index (Phi) is 18.1. The molecule has 3 aliphatic rings. The quantitative estimate of drug-likeness (QED) is 0.0298. The van der Waals surface area contributed by atoms with E-state index in [4.69, 9.17) is 8.75 Å². The van der Waals surface area contributed by atoms with Gasteiger partial charge in [0.15, 0.2) is 0 Å². The van der Waals surface area contributed by atoms with Crippen molar-refractivity contribution in [3.8, 4) is 54.2 Å². The molecule has 5 aromatic carbocycles. The molecule has 3 aliphatic carbocycles. The Morgan fingerprint density at radius 3 is 1.46 bits per heavy atom. The summed E-state index contributed by atoms with van der Waals surface area (Å²) >= 11 is 12.9. The van der Waals surface area contributed by atoms with Gasteiger partial charge in [0, 0.05) is 43.2 Å². The first-order valence-electron chi connectivity index (χ1n) is 31.8. The van der Waals surface area contributed by atoms with Crippen LogP contribution < -0.4 is 0 Å². The molecule has 0 saturated heterocycles. The summed E-state index contributed by atoms with van der Waals surface area (Å²) in [7, 11) is 0. The maximum atomic E-state index is 9.79. The summed E-state index contributed by atoms with van der Waals surface area (Å²) in [5.41, 5.74) is 17.9. The number of unbranched alkanes of at least 4 members (excludes halogenated alkanes) is 10. The van der Waals surface area contributed by atoms with Gasteiger partial charge in [-0.15, -0.1) is 45.3 Å². The van der Waals surface area contributed by atoms with Gasteiger partial charge in [-0.05, 0) is 121 Å². The van der Waals surface area contributed by atoms with Gasteiger partial charge < -0.3 is 0 Å². The van der Waals surface area contributed by atoms with Crippen LogP contribution in [0.1, 0.15) is 168 Å². The van der Waals surface area contributed by atoms with Gasteiger partial charge >= 0.3 is 0 Å². The largest absolute Gasteiger partial charge is 0.298 e. The lowest BCUT2D eigenvalue weighted by molar-refractivity contribution is 0.607. The standard InChI is InChI=1S/C78H66N8S6/c1-5-7-9-11-13-15-17-49-23-33-57(34-24-49)77(55-29-19-47(3)20-30-55)61-41-63(59-37-27-53(39-51(43-79)44-80)68(84-87)67(59)83)88-71(61)73-65(77)75-76(90-73)66-74(91-75)72-62(42-64(89-72)60-38-28-54(40-52(45-81)46-82)69-70(60)86-92-85-69)78(66,56-31-21-48(4)22-32-56)58-35-25-50(26-36-58)18-16-14-12-10-8-6-2/h19-42,83,87H,5-18H2,1-4H3/b83-67?,84-68-. The van der Waals surface area contributed by atoms with Gasteiger partial charge in [0.05, 0.1) is 57.2 Å². The van der Waals surface area contributed by atoms with Crippen molar-refractivity contribution in [2.75, 3.05) is 0 Å². The minimum absolute atomic E-state index is 0.0106. The average molecular weight is 1310 g/mol. The second-order valence-electron chi connectivity index (χ2n) is 24.4. The normalized spacial score (nSPS) is 16.5. The maximum absolute atomic E-state index is 9.79. The van der Waals surface area contributed by atoms with Gasteiger partial charge in [-0.2, -0.15) is 29.8 Å². The number of rotatable bonds is 22. The van der Waals surface area contributed by atoms with Crippen molar-refractivity contribution in [3.05, 3.63) is 233 Å². The highest BCUT2D eigenvalue weighted by Crippen LogP contribution is 2.70. The summed E-state index contributed by atoms with van der Waals surface area (Å²) in [6.45, 7) is 8.86. The molecule has 5 heterocycles. The van der Waals surface area contributed by atoms with E-state index in [9.17, 15) is 26.5 Å². The van der Waals surface area contributed by atoms with Crippen molar-refractivity contribution < 1.29 is 0 Å². The molecular formula is C78H66N8S6. The number of thiophene rings is 4. The van der Waals surface area contributed by atoms with E-state index >= 15 is 0 Å². The van der Waals surface area contributed by atoms with E-state index in [-0.39, 0.29) is 16.9 Å². The molecule has 0 saturated carbocycles. The molecule has 0 fully saturated rings. The first-order valence-corrected chi connectivity index (χ1v) is 36.2. The van der Waals surface area contributed by atoms with Gasteiger partial charge in [0.25, 0.3) is 0 Å². The Balaban J connectivity index is 1.07. The summed E-state index contributed by atoms with van der Waals surface area (Å²) in [6.07, 6.45) is 23.8. The van der Waals surface area contributed by atoms with Crippen molar-refractivity contribution in [2.45, 2.75) is 128 Å². The molecule has 0 spiro atoms. The highest BCUT2D eigenvalue weighted by Gasteiger charge is 2.55. The van der Waals surface area contributed by atoms with Gasteiger partial charge in [0.2, 0.25) is 0 Å². The molecule has 5 aromatic heterocycles. The molecular weight excluding hydrogens is 1240 g/mol. The number of fused-ring (bicyclic) bond motifs is 10. The Labute approximate surface area is 564 Å². The van der Waals surface area contributed by atoms with E-state index in [0.29, 0.717) is 27.9 Å². The Morgan fingerprint density at radius 1 is 0.522 bits per heavy atom. The second-order valence-corrected chi connectivity index (χ2v) is 29.3. The molecule has 14 heteroatoms. The highest BCUT2D eigenvalue weighted by atomic mass is 32.1. The van der Waals surface area contributed by atoms with Gasteiger partial charge in [-0.25, -0.2) is 4.40 Å². The zero-order valence-corrected chi connectivity index (χ0v) is 56.9. The molecule has 10 aromatic rings. The number of nitrogens with zero attached hydrogens (tertiary/aromatic N) is 7. The summed E-state index contributed by atoms with van der Waals surface area (Å²) in [6, 6.07) is 54.3. The molecule has 2 atom stereocenters. The number of hydrogen-bond acceptors (Lipinski definition) is 14. The smallest absolute Gasteiger partial charge is 0.130 e. The topological polar surface area (TPSA) is 157 Å². The van der Waals surface area contributed by atoms with Crippen molar-refractivity contribution in [1.29, 1.82) is 26.5 Å². The summed E-state index contributed by atoms with van der Waals surface area (Å²) < 4.78 is 16.5.